The van der Waals surface area contributed by atoms with Crippen molar-refractivity contribution in [2.24, 2.45) is 0 Å². The molecule has 2 aromatic heterocycles. The Labute approximate surface area is 168 Å². The van der Waals surface area contributed by atoms with E-state index in [1.807, 2.05) is 12.1 Å². The number of halogens is 1. The van der Waals surface area contributed by atoms with Crippen LogP contribution in [-0.2, 0) is 16.6 Å². The number of hydrogen-bond acceptors (Lipinski definition) is 4. The lowest BCUT2D eigenvalue weighted by molar-refractivity contribution is 0.579. The summed E-state index contributed by atoms with van der Waals surface area (Å²) in [5, 5.41) is 5.13. The van der Waals surface area contributed by atoms with Crippen LogP contribution >= 0.6 is 0 Å². The smallest absolute Gasteiger partial charge is 0.264 e. The van der Waals surface area contributed by atoms with Crippen molar-refractivity contribution in [3.8, 4) is 0 Å². The Morgan fingerprint density at radius 2 is 1.79 bits per heavy atom. The van der Waals surface area contributed by atoms with Gasteiger partial charge in [-0.3, -0.25) is 14.4 Å². The van der Waals surface area contributed by atoms with Crippen LogP contribution in [0.5, 0.6) is 0 Å². The molecular weight excluding hydrogens is 391 g/mol. The molecule has 4 rings (SSSR count). The molecule has 4 aromatic rings. The Hall–Kier alpha value is -3.26. The second-order valence-electron chi connectivity index (χ2n) is 6.73. The number of nitrogens with zero attached hydrogens (tertiary/aromatic N) is 3. The van der Waals surface area contributed by atoms with Crippen molar-refractivity contribution in [2.45, 2.75) is 25.3 Å². The molecule has 0 fully saturated rings. The van der Waals surface area contributed by atoms with Crippen molar-refractivity contribution in [1.82, 2.24) is 14.8 Å². The number of nitrogens with one attached hydrogen (secondary N) is 1. The third kappa shape index (κ3) is 3.58. The fourth-order valence-corrected chi connectivity index (χ4v) is 4.63. The van der Waals surface area contributed by atoms with Gasteiger partial charge in [-0.15, -0.1) is 0 Å². The van der Waals surface area contributed by atoms with E-state index in [0.717, 1.165) is 5.39 Å². The number of benzene rings is 2. The van der Waals surface area contributed by atoms with E-state index in [-0.39, 0.29) is 17.3 Å². The summed E-state index contributed by atoms with van der Waals surface area (Å²) in [7, 11) is -3.89. The monoisotopic (exact) mass is 410 g/mol. The Bertz CT molecular complexity index is 1310. The number of para-hydroxylation sites is 1. The molecule has 1 N–H and O–H groups in total. The van der Waals surface area contributed by atoms with E-state index in [9.17, 15) is 12.8 Å². The third-order valence-electron chi connectivity index (χ3n) is 4.78. The van der Waals surface area contributed by atoms with Crippen LogP contribution < -0.4 is 4.72 Å². The Kier molecular flexibility index (Phi) is 4.79. The Morgan fingerprint density at radius 3 is 2.59 bits per heavy atom. The highest BCUT2D eigenvalue weighted by molar-refractivity contribution is 7.93. The zero-order chi connectivity index (χ0) is 20.6. The standard InChI is InChI=1S/C21H19FN4O2S/c1-14-20(15(2)26(24-14)13-17-7-3-4-10-18(17)22)25-29(27,28)19-11-5-8-16-9-6-12-23-21(16)19/h3-12,25H,13H2,1-2H3. The molecule has 6 nitrogen and oxygen atoms in total. The normalized spacial score (nSPS) is 11.7. The van der Waals surface area contributed by atoms with Crippen molar-refractivity contribution in [3.05, 3.63) is 83.6 Å². The molecule has 2 aromatic carbocycles. The van der Waals surface area contributed by atoms with Crippen molar-refractivity contribution in [2.75, 3.05) is 4.72 Å². The van der Waals surface area contributed by atoms with Crippen LogP contribution in [0.2, 0.25) is 0 Å². The summed E-state index contributed by atoms with van der Waals surface area (Å²) >= 11 is 0. The molecule has 0 aliphatic rings. The van der Waals surface area contributed by atoms with Gasteiger partial charge < -0.3 is 0 Å². The summed E-state index contributed by atoms with van der Waals surface area (Å²) in [6.07, 6.45) is 1.56. The molecule has 0 unspecified atom stereocenters. The van der Waals surface area contributed by atoms with Gasteiger partial charge in [0.1, 0.15) is 10.7 Å². The van der Waals surface area contributed by atoms with Gasteiger partial charge in [-0.2, -0.15) is 5.10 Å². The molecule has 8 heteroatoms. The number of fused-ring (bicyclic) bond motifs is 1. The van der Waals surface area contributed by atoms with Gasteiger partial charge in [0.2, 0.25) is 0 Å². The summed E-state index contributed by atoms with van der Waals surface area (Å²) in [4.78, 5) is 4.32. The number of rotatable bonds is 5. The number of pyridine rings is 1. The van der Waals surface area contributed by atoms with Crippen LogP contribution in [0.25, 0.3) is 10.9 Å². The zero-order valence-electron chi connectivity index (χ0n) is 15.9. The van der Waals surface area contributed by atoms with Crippen molar-refractivity contribution < 1.29 is 12.8 Å². The van der Waals surface area contributed by atoms with E-state index in [1.54, 1.807) is 55.1 Å². The Balaban J connectivity index is 1.71. The molecule has 0 aliphatic heterocycles. The van der Waals surface area contributed by atoms with Crippen LogP contribution in [0.3, 0.4) is 0 Å². The first-order valence-electron chi connectivity index (χ1n) is 9.01. The molecule has 0 radical (unpaired) electrons. The van der Waals surface area contributed by atoms with Crippen LogP contribution in [0.4, 0.5) is 10.1 Å². The van der Waals surface area contributed by atoms with Crippen LogP contribution in [0, 0.1) is 19.7 Å². The molecule has 0 atom stereocenters. The predicted molar refractivity (Wildman–Crippen MR) is 110 cm³/mol. The van der Waals surface area contributed by atoms with Gasteiger partial charge in [0.25, 0.3) is 10.0 Å². The van der Waals surface area contributed by atoms with Crippen molar-refractivity contribution >= 4 is 26.6 Å². The minimum absolute atomic E-state index is 0.0938. The quantitative estimate of drug-likeness (QED) is 0.539. The molecule has 0 spiro atoms. The van der Waals surface area contributed by atoms with E-state index in [2.05, 4.69) is 14.8 Å². The fourth-order valence-electron chi connectivity index (χ4n) is 3.27. The maximum atomic E-state index is 14.0. The van der Waals surface area contributed by atoms with E-state index in [1.165, 1.54) is 12.1 Å². The minimum Gasteiger partial charge on any atom is -0.276 e. The lowest BCUT2D eigenvalue weighted by atomic mass is 10.2. The average molecular weight is 410 g/mol. The van der Waals surface area contributed by atoms with E-state index in [4.69, 9.17) is 0 Å². The number of sulfonamides is 1. The number of aryl methyl sites for hydroxylation is 1. The zero-order valence-corrected chi connectivity index (χ0v) is 16.7. The fraction of sp³-hybridized carbons (Fsp3) is 0.143. The van der Waals surface area contributed by atoms with Gasteiger partial charge in [0.15, 0.2) is 0 Å². The highest BCUT2D eigenvalue weighted by atomic mass is 32.2. The predicted octanol–water partition coefficient (Wildman–Crippen LogP) is 4.04. The first-order valence-corrected chi connectivity index (χ1v) is 10.5. The maximum Gasteiger partial charge on any atom is 0.264 e. The van der Waals surface area contributed by atoms with E-state index in [0.29, 0.717) is 28.2 Å². The van der Waals surface area contributed by atoms with Gasteiger partial charge in [0, 0.05) is 17.1 Å². The van der Waals surface area contributed by atoms with Gasteiger partial charge in [-0.05, 0) is 32.0 Å². The van der Waals surface area contributed by atoms with Gasteiger partial charge in [-0.1, -0.05) is 36.4 Å². The summed E-state index contributed by atoms with van der Waals surface area (Å²) in [6.45, 7) is 3.67. The third-order valence-corrected chi connectivity index (χ3v) is 6.16. The van der Waals surface area contributed by atoms with Crippen LogP contribution in [0.1, 0.15) is 17.0 Å². The molecule has 148 valence electrons. The van der Waals surface area contributed by atoms with Crippen LogP contribution in [-0.4, -0.2) is 23.2 Å². The van der Waals surface area contributed by atoms with E-state index < -0.39 is 10.0 Å². The highest BCUT2D eigenvalue weighted by Crippen LogP contribution is 2.27. The molecule has 0 aliphatic carbocycles. The summed E-state index contributed by atoms with van der Waals surface area (Å²) in [6, 6.07) is 15.0. The minimum atomic E-state index is -3.89. The highest BCUT2D eigenvalue weighted by Gasteiger charge is 2.22. The second-order valence-corrected chi connectivity index (χ2v) is 8.38. The number of anilines is 1. The topological polar surface area (TPSA) is 76.9 Å². The summed E-state index contributed by atoms with van der Waals surface area (Å²) in [5.74, 6) is -0.330. The first kappa shape index (κ1) is 19.1. The number of aromatic nitrogens is 3. The molecule has 0 amide bonds. The average Bonchev–Trinajstić information content (AvgIpc) is 2.96. The molecule has 2 heterocycles. The van der Waals surface area contributed by atoms with Crippen molar-refractivity contribution in [3.63, 3.8) is 0 Å². The summed E-state index contributed by atoms with van der Waals surface area (Å²) < 4.78 is 44.4. The van der Waals surface area contributed by atoms with E-state index >= 15 is 0 Å². The molecule has 0 saturated carbocycles. The van der Waals surface area contributed by atoms with Crippen molar-refractivity contribution in [1.29, 1.82) is 0 Å². The largest absolute Gasteiger partial charge is 0.276 e. The first-order chi connectivity index (χ1) is 13.9. The lowest BCUT2D eigenvalue weighted by Gasteiger charge is -2.11. The second kappa shape index (κ2) is 7.29. The SMILES string of the molecule is Cc1nn(Cc2ccccc2F)c(C)c1NS(=O)(=O)c1cccc2cccnc12. The molecular formula is C21H19FN4O2S. The maximum absolute atomic E-state index is 14.0. The molecule has 0 bridgehead atoms. The van der Waals surface area contributed by atoms with Crippen LogP contribution in [0.15, 0.2) is 65.7 Å². The van der Waals surface area contributed by atoms with Gasteiger partial charge >= 0.3 is 0 Å². The lowest BCUT2D eigenvalue weighted by Crippen LogP contribution is -2.15. The Morgan fingerprint density at radius 1 is 1.03 bits per heavy atom. The summed E-state index contributed by atoms with van der Waals surface area (Å²) in [5.41, 5.74) is 2.37. The molecule has 29 heavy (non-hydrogen) atoms. The number of hydrogen-bond donors (Lipinski definition) is 1. The molecule has 0 saturated heterocycles. The van der Waals surface area contributed by atoms with Gasteiger partial charge in [0.05, 0.1) is 29.1 Å². The van der Waals surface area contributed by atoms with Gasteiger partial charge in [-0.25, -0.2) is 12.8 Å².